The average Bonchev–Trinajstić information content (AvgIpc) is 2.49. The summed E-state index contributed by atoms with van der Waals surface area (Å²) < 4.78 is 18.5. The predicted octanol–water partition coefficient (Wildman–Crippen LogP) is 3.53. The summed E-state index contributed by atoms with van der Waals surface area (Å²) in [5.41, 5.74) is 1.33. The van der Waals surface area contributed by atoms with Crippen LogP contribution >= 0.6 is 11.6 Å². The number of benzene rings is 1. The maximum atomic E-state index is 13.1. The minimum absolute atomic E-state index is 0.0470. The number of nitrogens with zero attached hydrogens (tertiary/aromatic N) is 3. The largest absolute Gasteiger partial charge is 0.481 e. The second-order valence-electron chi connectivity index (χ2n) is 5.31. The lowest BCUT2D eigenvalue weighted by molar-refractivity contribution is -0.125. The van der Waals surface area contributed by atoms with E-state index in [2.05, 4.69) is 9.97 Å². The molecule has 2 rings (SSSR count). The minimum atomic E-state index is -1.15. The standard InChI is InChI=1S/C17H15ClFN3O2/c1-9-6-10(2)22-17(21-9)13(8-20)16(23)11(3)24-15-5-4-12(19)7-14(15)18/h4-7,11,13H,1-3H3/t11-,13-/m1/s1. The quantitative estimate of drug-likeness (QED) is 0.827. The number of Topliss-reactive ketones (excluding diaryl/α,β-unsaturated/α-hetero) is 1. The highest BCUT2D eigenvalue weighted by Crippen LogP contribution is 2.27. The van der Waals surface area contributed by atoms with Crippen LogP contribution in [0.25, 0.3) is 0 Å². The van der Waals surface area contributed by atoms with Gasteiger partial charge in [0, 0.05) is 11.4 Å². The van der Waals surface area contributed by atoms with E-state index in [0.29, 0.717) is 11.4 Å². The molecule has 0 aliphatic carbocycles. The molecule has 7 heteroatoms. The van der Waals surface area contributed by atoms with E-state index in [-0.39, 0.29) is 16.6 Å². The summed E-state index contributed by atoms with van der Waals surface area (Å²) in [6.45, 7) is 5.01. The third-order valence-corrected chi connectivity index (χ3v) is 3.57. The first-order valence-electron chi connectivity index (χ1n) is 7.19. The third-order valence-electron chi connectivity index (χ3n) is 3.27. The molecule has 0 amide bonds. The van der Waals surface area contributed by atoms with Crippen molar-refractivity contribution in [3.05, 3.63) is 52.3 Å². The van der Waals surface area contributed by atoms with Crippen molar-refractivity contribution in [3.63, 3.8) is 0 Å². The highest BCUT2D eigenvalue weighted by molar-refractivity contribution is 6.32. The second-order valence-corrected chi connectivity index (χ2v) is 5.72. The Bertz CT molecular complexity index is 800. The first-order valence-corrected chi connectivity index (χ1v) is 7.57. The van der Waals surface area contributed by atoms with Crippen LogP contribution in [0.4, 0.5) is 4.39 Å². The van der Waals surface area contributed by atoms with Gasteiger partial charge in [-0.15, -0.1) is 0 Å². The number of nitriles is 1. The van der Waals surface area contributed by atoms with E-state index in [9.17, 15) is 14.4 Å². The molecule has 0 bridgehead atoms. The first-order chi connectivity index (χ1) is 11.3. The van der Waals surface area contributed by atoms with Crippen LogP contribution in [0, 0.1) is 31.0 Å². The zero-order chi connectivity index (χ0) is 17.9. The molecule has 0 saturated carbocycles. The van der Waals surface area contributed by atoms with Gasteiger partial charge in [-0.1, -0.05) is 11.6 Å². The molecule has 0 saturated heterocycles. The van der Waals surface area contributed by atoms with Gasteiger partial charge in [0.15, 0.2) is 23.6 Å². The van der Waals surface area contributed by atoms with E-state index >= 15 is 0 Å². The molecular weight excluding hydrogens is 333 g/mol. The topological polar surface area (TPSA) is 75.9 Å². The average molecular weight is 348 g/mol. The Balaban J connectivity index is 2.23. The van der Waals surface area contributed by atoms with E-state index in [1.807, 2.05) is 6.07 Å². The second kappa shape index (κ2) is 7.37. The Morgan fingerprint density at radius 2 is 1.92 bits per heavy atom. The molecule has 0 spiro atoms. The SMILES string of the molecule is Cc1cc(C)nc([C@H](C#N)C(=O)[C@@H](C)Oc2ccc(F)cc2Cl)n1. The van der Waals surface area contributed by atoms with Gasteiger partial charge in [-0.05, 0) is 45.0 Å². The van der Waals surface area contributed by atoms with Crippen molar-refractivity contribution >= 4 is 17.4 Å². The van der Waals surface area contributed by atoms with Crippen molar-refractivity contribution in [3.8, 4) is 11.8 Å². The van der Waals surface area contributed by atoms with Crippen molar-refractivity contribution < 1.29 is 13.9 Å². The molecule has 1 aromatic carbocycles. The summed E-state index contributed by atoms with van der Waals surface area (Å²) in [5.74, 6) is -1.86. The lowest BCUT2D eigenvalue weighted by atomic mass is 10.0. The summed E-state index contributed by atoms with van der Waals surface area (Å²) in [6.07, 6.45) is -0.970. The zero-order valence-corrected chi connectivity index (χ0v) is 14.1. The summed E-state index contributed by atoms with van der Waals surface area (Å²) in [7, 11) is 0. The lowest BCUT2D eigenvalue weighted by Gasteiger charge is -2.17. The number of ether oxygens (including phenoxy) is 1. The molecule has 1 aromatic heterocycles. The molecule has 0 fully saturated rings. The van der Waals surface area contributed by atoms with Gasteiger partial charge in [0.1, 0.15) is 11.6 Å². The van der Waals surface area contributed by atoms with Crippen LogP contribution in [-0.4, -0.2) is 21.9 Å². The molecule has 0 unspecified atom stereocenters. The highest BCUT2D eigenvalue weighted by Gasteiger charge is 2.29. The van der Waals surface area contributed by atoms with Crippen LogP contribution in [-0.2, 0) is 4.79 Å². The van der Waals surface area contributed by atoms with Crippen LogP contribution < -0.4 is 4.74 Å². The predicted molar refractivity (Wildman–Crippen MR) is 86.4 cm³/mol. The normalized spacial score (nSPS) is 13.0. The Hall–Kier alpha value is -2.52. The monoisotopic (exact) mass is 347 g/mol. The number of hydrogen-bond donors (Lipinski definition) is 0. The molecule has 2 aromatic rings. The van der Waals surface area contributed by atoms with Gasteiger partial charge >= 0.3 is 0 Å². The van der Waals surface area contributed by atoms with Crippen LogP contribution in [0.1, 0.15) is 30.1 Å². The van der Waals surface area contributed by atoms with Crippen LogP contribution in [0.5, 0.6) is 5.75 Å². The summed E-state index contributed by atoms with van der Waals surface area (Å²) in [6, 6.07) is 7.26. The molecule has 0 radical (unpaired) electrons. The van der Waals surface area contributed by atoms with Gasteiger partial charge in [0.05, 0.1) is 11.1 Å². The lowest BCUT2D eigenvalue weighted by Crippen LogP contribution is -2.30. The minimum Gasteiger partial charge on any atom is -0.481 e. The number of ketones is 1. The highest BCUT2D eigenvalue weighted by atomic mass is 35.5. The van der Waals surface area contributed by atoms with Crippen LogP contribution in [0.2, 0.25) is 5.02 Å². The Morgan fingerprint density at radius 3 is 2.46 bits per heavy atom. The number of hydrogen-bond acceptors (Lipinski definition) is 5. The molecule has 2 atom stereocenters. The summed E-state index contributed by atoms with van der Waals surface area (Å²) in [5, 5.41) is 9.40. The van der Waals surface area contributed by atoms with Gasteiger partial charge in [-0.25, -0.2) is 14.4 Å². The van der Waals surface area contributed by atoms with Crippen molar-refractivity contribution in [2.75, 3.05) is 0 Å². The molecule has 5 nitrogen and oxygen atoms in total. The van der Waals surface area contributed by atoms with Crippen LogP contribution in [0.15, 0.2) is 24.3 Å². The fraction of sp³-hybridized carbons (Fsp3) is 0.294. The van der Waals surface area contributed by atoms with Gasteiger partial charge in [-0.3, -0.25) is 4.79 Å². The first kappa shape index (κ1) is 17.8. The molecule has 1 heterocycles. The van der Waals surface area contributed by atoms with Crippen molar-refractivity contribution in [1.29, 1.82) is 5.26 Å². The van der Waals surface area contributed by atoms with Crippen molar-refractivity contribution in [2.45, 2.75) is 32.8 Å². The Kier molecular flexibility index (Phi) is 5.47. The van der Waals surface area contributed by atoms with E-state index in [1.54, 1.807) is 19.9 Å². The maximum Gasteiger partial charge on any atom is 0.197 e. The van der Waals surface area contributed by atoms with E-state index < -0.39 is 23.6 Å². The van der Waals surface area contributed by atoms with E-state index in [0.717, 1.165) is 6.07 Å². The maximum absolute atomic E-state index is 13.1. The Labute approximate surface area is 144 Å². The van der Waals surface area contributed by atoms with Crippen molar-refractivity contribution in [2.24, 2.45) is 0 Å². The molecule has 0 aliphatic rings. The zero-order valence-electron chi connectivity index (χ0n) is 13.4. The number of carbonyl (C=O) groups excluding carboxylic acids is 1. The number of rotatable bonds is 5. The number of aromatic nitrogens is 2. The van der Waals surface area contributed by atoms with Crippen LogP contribution in [0.3, 0.4) is 0 Å². The van der Waals surface area contributed by atoms with Gasteiger partial charge in [0.2, 0.25) is 0 Å². The molecular formula is C17H15ClFN3O2. The fourth-order valence-corrected chi connectivity index (χ4v) is 2.40. The third kappa shape index (κ3) is 4.06. The molecule has 0 aliphatic heterocycles. The van der Waals surface area contributed by atoms with E-state index in [4.69, 9.17) is 16.3 Å². The van der Waals surface area contributed by atoms with Gasteiger partial charge < -0.3 is 4.74 Å². The van der Waals surface area contributed by atoms with Gasteiger partial charge in [0.25, 0.3) is 0 Å². The van der Waals surface area contributed by atoms with Gasteiger partial charge in [-0.2, -0.15) is 5.26 Å². The fourth-order valence-electron chi connectivity index (χ4n) is 2.18. The Morgan fingerprint density at radius 1 is 1.29 bits per heavy atom. The number of carbonyl (C=O) groups is 1. The molecule has 0 N–H and O–H groups in total. The number of aryl methyl sites for hydroxylation is 2. The smallest absolute Gasteiger partial charge is 0.197 e. The summed E-state index contributed by atoms with van der Waals surface area (Å²) in [4.78, 5) is 20.9. The molecule has 24 heavy (non-hydrogen) atoms. The van der Waals surface area contributed by atoms with E-state index in [1.165, 1.54) is 19.1 Å². The molecule has 124 valence electrons. The van der Waals surface area contributed by atoms with Crippen molar-refractivity contribution in [1.82, 2.24) is 9.97 Å². The summed E-state index contributed by atoms with van der Waals surface area (Å²) >= 11 is 5.88. The number of halogens is 2.